The van der Waals surface area contributed by atoms with Crippen LogP contribution in [-0.4, -0.2) is 34.7 Å². The molecule has 4 rings (SSSR count). The standard InChI is InChI=1S/C24H20ClN3O3/c1-3-26-24-27-13-20-18(16-5-4-6-17(25)11-16)12-19(22(31-2)21(20)28-24)14-7-9-15(10-8-14)23(29)30/h4-13H,3H2,1-2H3,(H,29,30)(H,26,27,28). The fraction of sp³-hybridized carbons (Fsp3) is 0.125. The number of hydrogen-bond donors (Lipinski definition) is 2. The first-order valence-corrected chi connectivity index (χ1v) is 10.1. The Hall–Kier alpha value is -3.64. The highest BCUT2D eigenvalue weighted by atomic mass is 35.5. The molecule has 6 nitrogen and oxygen atoms in total. The molecule has 2 N–H and O–H groups in total. The van der Waals surface area contributed by atoms with Crippen molar-refractivity contribution in [1.82, 2.24) is 9.97 Å². The lowest BCUT2D eigenvalue weighted by molar-refractivity contribution is 0.0697. The second kappa shape index (κ2) is 8.62. The van der Waals surface area contributed by atoms with Crippen LogP contribution >= 0.6 is 11.6 Å². The van der Waals surface area contributed by atoms with E-state index < -0.39 is 5.97 Å². The number of carbonyl (C=O) groups is 1. The molecule has 0 atom stereocenters. The summed E-state index contributed by atoms with van der Waals surface area (Å²) in [5, 5.41) is 13.8. The minimum absolute atomic E-state index is 0.218. The zero-order valence-corrected chi connectivity index (χ0v) is 17.8. The Morgan fingerprint density at radius 2 is 1.87 bits per heavy atom. The molecule has 0 aliphatic heterocycles. The molecule has 0 spiro atoms. The number of fused-ring (bicyclic) bond motifs is 1. The predicted octanol–water partition coefficient (Wildman–Crippen LogP) is 5.76. The Morgan fingerprint density at radius 1 is 1.10 bits per heavy atom. The van der Waals surface area contributed by atoms with E-state index in [1.54, 1.807) is 37.6 Å². The number of hydrogen-bond acceptors (Lipinski definition) is 5. The molecule has 1 heterocycles. The molecule has 0 saturated heterocycles. The number of halogens is 1. The Bertz CT molecular complexity index is 1270. The van der Waals surface area contributed by atoms with Gasteiger partial charge in [0.2, 0.25) is 5.95 Å². The van der Waals surface area contributed by atoms with E-state index in [9.17, 15) is 9.90 Å². The van der Waals surface area contributed by atoms with Crippen LogP contribution in [0.5, 0.6) is 5.75 Å². The van der Waals surface area contributed by atoms with Crippen LogP contribution in [0.2, 0.25) is 5.02 Å². The van der Waals surface area contributed by atoms with Crippen molar-refractivity contribution in [2.75, 3.05) is 19.0 Å². The highest BCUT2D eigenvalue weighted by molar-refractivity contribution is 6.31. The minimum Gasteiger partial charge on any atom is -0.494 e. The van der Waals surface area contributed by atoms with Crippen LogP contribution in [0.15, 0.2) is 60.8 Å². The van der Waals surface area contributed by atoms with E-state index >= 15 is 0 Å². The van der Waals surface area contributed by atoms with Crippen LogP contribution in [0.4, 0.5) is 5.95 Å². The number of nitrogens with zero attached hydrogens (tertiary/aromatic N) is 2. The van der Waals surface area contributed by atoms with Gasteiger partial charge in [-0.25, -0.2) is 14.8 Å². The normalized spacial score (nSPS) is 10.8. The van der Waals surface area contributed by atoms with Gasteiger partial charge in [-0.3, -0.25) is 0 Å². The number of carboxylic acid groups (broad SMARTS) is 1. The maximum atomic E-state index is 11.3. The van der Waals surface area contributed by atoms with Crippen molar-refractivity contribution in [2.24, 2.45) is 0 Å². The lowest BCUT2D eigenvalue weighted by Crippen LogP contribution is -2.03. The van der Waals surface area contributed by atoms with Gasteiger partial charge in [0.1, 0.15) is 5.52 Å². The van der Waals surface area contributed by atoms with E-state index in [1.165, 1.54) is 0 Å². The lowest BCUT2D eigenvalue weighted by Gasteiger charge is -2.16. The van der Waals surface area contributed by atoms with Crippen molar-refractivity contribution in [2.45, 2.75) is 6.92 Å². The van der Waals surface area contributed by atoms with Gasteiger partial charge in [0.15, 0.2) is 5.75 Å². The number of methoxy groups -OCH3 is 1. The van der Waals surface area contributed by atoms with Crippen molar-refractivity contribution in [3.8, 4) is 28.0 Å². The topological polar surface area (TPSA) is 84.3 Å². The maximum absolute atomic E-state index is 11.3. The van der Waals surface area contributed by atoms with Gasteiger partial charge in [-0.2, -0.15) is 0 Å². The molecule has 0 aliphatic rings. The van der Waals surface area contributed by atoms with E-state index in [4.69, 9.17) is 21.3 Å². The molecule has 0 amide bonds. The third-order valence-corrected chi connectivity index (χ3v) is 5.18. The van der Waals surface area contributed by atoms with Gasteiger partial charge >= 0.3 is 5.97 Å². The first-order chi connectivity index (χ1) is 15.0. The van der Waals surface area contributed by atoms with Crippen LogP contribution in [0.3, 0.4) is 0 Å². The summed E-state index contributed by atoms with van der Waals surface area (Å²) >= 11 is 6.25. The maximum Gasteiger partial charge on any atom is 0.335 e. The van der Waals surface area contributed by atoms with Gasteiger partial charge < -0.3 is 15.2 Å². The van der Waals surface area contributed by atoms with Gasteiger partial charge in [-0.1, -0.05) is 35.9 Å². The van der Waals surface area contributed by atoms with Crippen molar-refractivity contribution < 1.29 is 14.6 Å². The summed E-state index contributed by atoms with van der Waals surface area (Å²) in [6.07, 6.45) is 1.77. The number of nitrogens with one attached hydrogen (secondary N) is 1. The quantitative estimate of drug-likeness (QED) is 0.402. The number of ether oxygens (including phenoxy) is 1. The Kier molecular flexibility index (Phi) is 5.73. The largest absolute Gasteiger partial charge is 0.494 e. The van der Waals surface area contributed by atoms with E-state index in [1.807, 2.05) is 37.3 Å². The summed E-state index contributed by atoms with van der Waals surface area (Å²) in [6.45, 7) is 2.66. The third kappa shape index (κ3) is 4.02. The van der Waals surface area contributed by atoms with E-state index in [0.717, 1.165) is 27.6 Å². The third-order valence-electron chi connectivity index (χ3n) is 4.94. The second-order valence-corrected chi connectivity index (χ2v) is 7.32. The molecule has 0 saturated carbocycles. The number of anilines is 1. The molecular weight excluding hydrogens is 414 g/mol. The second-order valence-electron chi connectivity index (χ2n) is 6.88. The number of rotatable bonds is 6. The molecular formula is C24H20ClN3O3. The van der Waals surface area contributed by atoms with Gasteiger partial charge in [0.05, 0.1) is 12.7 Å². The van der Waals surface area contributed by atoms with Crippen LogP contribution in [-0.2, 0) is 0 Å². The molecule has 0 aliphatic carbocycles. The molecule has 0 radical (unpaired) electrons. The van der Waals surface area contributed by atoms with Crippen LogP contribution in [0.25, 0.3) is 33.2 Å². The van der Waals surface area contributed by atoms with Crippen LogP contribution in [0, 0.1) is 0 Å². The predicted molar refractivity (Wildman–Crippen MR) is 123 cm³/mol. The first-order valence-electron chi connectivity index (χ1n) is 9.73. The Morgan fingerprint density at radius 3 is 2.52 bits per heavy atom. The molecule has 156 valence electrons. The highest BCUT2D eigenvalue weighted by Gasteiger charge is 2.18. The van der Waals surface area contributed by atoms with E-state index in [2.05, 4.69) is 10.3 Å². The average molecular weight is 434 g/mol. The van der Waals surface area contributed by atoms with Crippen molar-refractivity contribution >= 4 is 34.4 Å². The minimum atomic E-state index is -0.973. The lowest BCUT2D eigenvalue weighted by atomic mass is 9.94. The molecule has 0 fully saturated rings. The smallest absolute Gasteiger partial charge is 0.335 e. The summed E-state index contributed by atoms with van der Waals surface area (Å²) in [6, 6.07) is 16.3. The van der Waals surface area contributed by atoms with E-state index in [0.29, 0.717) is 28.8 Å². The summed E-state index contributed by atoms with van der Waals surface area (Å²) in [4.78, 5) is 20.4. The molecule has 1 aromatic heterocycles. The first kappa shape index (κ1) is 20.6. The molecule has 0 bridgehead atoms. The Balaban J connectivity index is 2.03. The number of aromatic carboxylic acids is 1. The van der Waals surface area contributed by atoms with Gasteiger partial charge in [0, 0.05) is 28.7 Å². The molecule has 7 heteroatoms. The zero-order chi connectivity index (χ0) is 22.0. The van der Waals surface area contributed by atoms with Gasteiger partial charge in [0.25, 0.3) is 0 Å². The van der Waals surface area contributed by atoms with Crippen molar-refractivity contribution in [1.29, 1.82) is 0 Å². The van der Waals surface area contributed by atoms with Crippen molar-refractivity contribution in [3.05, 3.63) is 71.4 Å². The molecule has 0 unspecified atom stereocenters. The average Bonchev–Trinajstić information content (AvgIpc) is 2.78. The Labute approximate surface area is 184 Å². The summed E-state index contributed by atoms with van der Waals surface area (Å²) in [5.74, 6) is 0.119. The zero-order valence-electron chi connectivity index (χ0n) is 17.0. The summed E-state index contributed by atoms with van der Waals surface area (Å²) in [5.41, 5.74) is 4.30. The SMILES string of the molecule is CCNc1ncc2c(-c3cccc(Cl)c3)cc(-c3ccc(C(=O)O)cc3)c(OC)c2n1. The fourth-order valence-corrected chi connectivity index (χ4v) is 3.71. The molecule has 4 aromatic rings. The highest BCUT2D eigenvalue weighted by Crippen LogP contribution is 2.42. The number of aromatic nitrogens is 2. The summed E-state index contributed by atoms with van der Waals surface area (Å²) in [7, 11) is 1.60. The van der Waals surface area contributed by atoms with Crippen molar-refractivity contribution in [3.63, 3.8) is 0 Å². The molecule has 31 heavy (non-hydrogen) atoms. The van der Waals surface area contributed by atoms with E-state index in [-0.39, 0.29) is 5.56 Å². The van der Waals surface area contributed by atoms with Gasteiger partial charge in [-0.05, 0) is 53.9 Å². The number of carboxylic acids is 1. The van der Waals surface area contributed by atoms with Crippen LogP contribution < -0.4 is 10.1 Å². The summed E-state index contributed by atoms with van der Waals surface area (Å²) < 4.78 is 5.78. The number of benzene rings is 3. The fourth-order valence-electron chi connectivity index (χ4n) is 3.52. The monoisotopic (exact) mass is 433 g/mol. The van der Waals surface area contributed by atoms with Crippen LogP contribution in [0.1, 0.15) is 17.3 Å². The molecule has 3 aromatic carbocycles. The van der Waals surface area contributed by atoms with Gasteiger partial charge in [-0.15, -0.1) is 0 Å².